The Balaban J connectivity index is 3.18. The Bertz CT molecular complexity index is 143. The van der Waals surface area contributed by atoms with Gasteiger partial charge in [0.1, 0.15) is 5.78 Å². The maximum absolute atomic E-state index is 10.6. The van der Waals surface area contributed by atoms with Crippen LogP contribution in [0.5, 0.6) is 0 Å². The van der Waals surface area contributed by atoms with Gasteiger partial charge in [0.05, 0.1) is 6.10 Å². The van der Waals surface area contributed by atoms with Crippen molar-refractivity contribution < 1.29 is 9.90 Å². The zero-order valence-corrected chi connectivity index (χ0v) is 9.59. The fourth-order valence-corrected chi connectivity index (χ4v) is 1.53. The molecule has 14 heavy (non-hydrogen) atoms. The molecule has 0 radical (unpaired) electrons. The lowest BCUT2D eigenvalue weighted by Gasteiger charge is -2.09. The molecule has 0 aromatic rings. The van der Waals surface area contributed by atoms with E-state index in [1.807, 2.05) is 0 Å². The monoisotopic (exact) mass is 200 g/mol. The van der Waals surface area contributed by atoms with Crippen LogP contribution in [0.2, 0.25) is 0 Å². The van der Waals surface area contributed by atoms with Crippen molar-refractivity contribution in [3.8, 4) is 0 Å². The predicted molar refractivity (Wildman–Crippen MR) is 59.3 cm³/mol. The molecule has 0 aliphatic carbocycles. The zero-order chi connectivity index (χ0) is 10.8. The van der Waals surface area contributed by atoms with E-state index in [4.69, 9.17) is 0 Å². The van der Waals surface area contributed by atoms with Crippen molar-refractivity contribution in [3.05, 3.63) is 0 Å². The molecule has 0 heterocycles. The summed E-state index contributed by atoms with van der Waals surface area (Å²) in [5.41, 5.74) is 0. The van der Waals surface area contributed by atoms with Crippen LogP contribution in [0.25, 0.3) is 0 Å². The van der Waals surface area contributed by atoms with E-state index in [0.717, 1.165) is 32.1 Å². The topological polar surface area (TPSA) is 37.3 Å². The fraction of sp³-hybridized carbons (Fsp3) is 0.917. The van der Waals surface area contributed by atoms with E-state index in [0.29, 0.717) is 6.42 Å². The molecular formula is C12H24O2. The van der Waals surface area contributed by atoms with Crippen LogP contribution in [0.15, 0.2) is 0 Å². The van der Waals surface area contributed by atoms with Crippen LogP contribution in [0, 0.1) is 0 Å². The average Bonchev–Trinajstić information content (AvgIpc) is 2.13. The molecule has 0 aromatic heterocycles. The molecule has 1 unspecified atom stereocenters. The molecule has 0 amide bonds. The lowest BCUT2D eigenvalue weighted by atomic mass is 10.0. The molecule has 0 bridgehead atoms. The standard InChI is InChI=1S/C12H24O2/c1-3-4-5-9-12(14)10-7-6-8-11(2)13/h12,14H,3-10H2,1-2H3. The summed E-state index contributed by atoms with van der Waals surface area (Å²) in [4.78, 5) is 10.6. The molecule has 2 heteroatoms. The van der Waals surface area contributed by atoms with Crippen molar-refractivity contribution in [1.29, 1.82) is 0 Å². The van der Waals surface area contributed by atoms with Gasteiger partial charge in [-0.3, -0.25) is 0 Å². The second-order valence-corrected chi connectivity index (χ2v) is 4.10. The van der Waals surface area contributed by atoms with Gasteiger partial charge in [0.15, 0.2) is 0 Å². The van der Waals surface area contributed by atoms with Gasteiger partial charge in [-0.15, -0.1) is 0 Å². The Morgan fingerprint density at radius 1 is 1.14 bits per heavy atom. The van der Waals surface area contributed by atoms with E-state index in [2.05, 4.69) is 6.92 Å². The highest BCUT2D eigenvalue weighted by atomic mass is 16.3. The second-order valence-electron chi connectivity index (χ2n) is 4.10. The summed E-state index contributed by atoms with van der Waals surface area (Å²) in [7, 11) is 0. The van der Waals surface area contributed by atoms with Crippen LogP contribution < -0.4 is 0 Å². The fourth-order valence-electron chi connectivity index (χ4n) is 1.53. The normalized spacial score (nSPS) is 12.8. The summed E-state index contributed by atoms with van der Waals surface area (Å²) < 4.78 is 0. The van der Waals surface area contributed by atoms with Gasteiger partial charge in [-0.2, -0.15) is 0 Å². The maximum Gasteiger partial charge on any atom is 0.129 e. The maximum atomic E-state index is 10.6. The quantitative estimate of drug-likeness (QED) is 0.581. The SMILES string of the molecule is CCCCCC(O)CCCCC(C)=O. The van der Waals surface area contributed by atoms with Crippen LogP contribution in [0.1, 0.15) is 65.2 Å². The molecule has 2 nitrogen and oxygen atoms in total. The van der Waals surface area contributed by atoms with Gasteiger partial charge in [0, 0.05) is 6.42 Å². The van der Waals surface area contributed by atoms with E-state index in [1.165, 1.54) is 12.8 Å². The van der Waals surface area contributed by atoms with Gasteiger partial charge in [-0.25, -0.2) is 0 Å². The molecule has 1 atom stereocenters. The van der Waals surface area contributed by atoms with Crippen molar-refractivity contribution in [2.75, 3.05) is 0 Å². The summed E-state index contributed by atoms with van der Waals surface area (Å²) in [5, 5.41) is 9.56. The molecule has 0 aromatic carbocycles. The number of hydrogen-bond acceptors (Lipinski definition) is 2. The van der Waals surface area contributed by atoms with Crippen molar-refractivity contribution in [2.45, 2.75) is 71.3 Å². The first kappa shape index (κ1) is 13.6. The van der Waals surface area contributed by atoms with Gasteiger partial charge >= 0.3 is 0 Å². The van der Waals surface area contributed by atoms with Crippen molar-refractivity contribution in [2.24, 2.45) is 0 Å². The number of aliphatic hydroxyl groups is 1. The molecule has 0 aliphatic rings. The van der Waals surface area contributed by atoms with Gasteiger partial charge in [-0.05, 0) is 26.2 Å². The zero-order valence-electron chi connectivity index (χ0n) is 9.59. The third kappa shape index (κ3) is 9.72. The van der Waals surface area contributed by atoms with E-state index in [1.54, 1.807) is 6.92 Å². The predicted octanol–water partition coefficient (Wildman–Crippen LogP) is 3.08. The molecule has 0 saturated heterocycles. The minimum absolute atomic E-state index is 0.145. The van der Waals surface area contributed by atoms with Gasteiger partial charge in [-0.1, -0.05) is 32.6 Å². The Labute approximate surface area is 87.7 Å². The minimum atomic E-state index is -0.145. The van der Waals surface area contributed by atoms with Gasteiger partial charge < -0.3 is 9.90 Å². The first-order valence-electron chi connectivity index (χ1n) is 5.84. The third-order valence-electron chi connectivity index (χ3n) is 2.46. The first-order valence-corrected chi connectivity index (χ1v) is 5.84. The highest BCUT2D eigenvalue weighted by molar-refractivity contribution is 5.75. The van der Waals surface area contributed by atoms with E-state index in [9.17, 15) is 9.90 Å². The highest BCUT2D eigenvalue weighted by Gasteiger charge is 2.03. The Morgan fingerprint density at radius 3 is 2.21 bits per heavy atom. The number of hydrogen-bond donors (Lipinski definition) is 1. The van der Waals surface area contributed by atoms with Crippen molar-refractivity contribution in [1.82, 2.24) is 0 Å². The van der Waals surface area contributed by atoms with Crippen LogP contribution in [0.3, 0.4) is 0 Å². The molecule has 84 valence electrons. The molecule has 0 spiro atoms. The first-order chi connectivity index (χ1) is 6.66. The summed E-state index contributed by atoms with van der Waals surface area (Å²) in [6.07, 6.45) is 7.76. The number of ketones is 1. The lowest BCUT2D eigenvalue weighted by molar-refractivity contribution is -0.117. The van der Waals surface area contributed by atoms with Crippen molar-refractivity contribution in [3.63, 3.8) is 0 Å². The van der Waals surface area contributed by atoms with Crippen LogP contribution >= 0.6 is 0 Å². The summed E-state index contributed by atoms with van der Waals surface area (Å²) >= 11 is 0. The molecular weight excluding hydrogens is 176 g/mol. The molecule has 0 aliphatic heterocycles. The summed E-state index contributed by atoms with van der Waals surface area (Å²) in [6, 6.07) is 0. The lowest BCUT2D eigenvalue weighted by Crippen LogP contribution is -2.06. The third-order valence-corrected chi connectivity index (χ3v) is 2.46. The number of Topliss-reactive ketones (excluding diaryl/α,β-unsaturated/α-hetero) is 1. The molecule has 0 rings (SSSR count). The molecule has 1 N–H and O–H groups in total. The van der Waals surface area contributed by atoms with E-state index >= 15 is 0 Å². The Morgan fingerprint density at radius 2 is 1.71 bits per heavy atom. The number of carbonyl (C=O) groups is 1. The van der Waals surface area contributed by atoms with E-state index in [-0.39, 0.29) is 11.9 Å². The summed E-state index contributed by atoms with van der Waals surface area (Å²) in [5.74, 6) is 0.255. The summed E-state index contributed by atoms with van der Waals surface area (Å²) in [6.45, 7) is 3.79. The smallest absolute Gasteiger partial charge is 0.129 e. The Kier molecular flexibility index (Phi) is 8.95. The van der Waals surface area contributed by atoms with Gasteiger partial charge in [0.25, 0.3) is 0 Å². The van der Waals surface area contributed by atoms with Crippen LogP contribution in [-0.2, 0) is 4.79 Å². The molecule has 0 fully saturated rings. The second kappa shape index (κ2) is 9.20. The van der Waals surface area contributed by atoms with E-state index < -0.39 is 0 Å². The number of unbranched alkanes of at least 4 members (excludes halogenated alkanes) is 3. The minimum Gasteiger partial charge on any atom is -0.393 e. The number of rotatable bonds is 9. The van der Waals surface area contributed by atoms with Crippen molar-refractivity contribution >= 4 is 5.78 Å². The van der Waals surface area contributed by atoms with Crippen LogP contribution in [0.4, 0.5) is 0 Å². The van der Waals surface area contributed by atoms with Gasteiger partial charge in [0.2, 0.25) is 0 Å². The largest absolute Gasteiger partial charge is 0.393 e. The highest BCUT2D eigenvalue weighted by Crippen LogP contribution is 2.10. The number of aliphatic hydroxyl groups excluding tert-OH is 1. The van der Waals surface area contributed by atoms with Crippen LogP contribution in [-0.4, -0.2) is 17.0 Å². The average molecular weight is 200 g/mol. The molecule has 0 saturated carbocycles. The number of carbonyl (C=O) groups excluding carboxylic acids is 1. The Hall–Kier alpha value is -0.370.